The molecule has 0 saturated heterocycles. The number of aryl methyl sites for hydroxylation is 2. The second-order valence-corrected chi connectivity index (χ2v) is 7.36. The van der Waals surface area contributed by atoms with Gasteiger partial charge in [0, 0.05) is 0 Å². The molecule has 0 saturated carbocycles. The molecule has 3 rings (SSSR count). The van der Waals surface area contributed by atoms with Gasteiger partial charge >= 0.3 is 0 Å². The van der Waals surface area contributed by atoms with Crippen molar-refractivity contribution < 1.29 is 8.42 Å². The number of anilines is 1. The van der Waals surface area contributed by atoms with E-state index >= 15 is 0 Å². The number of hydrogen-bond donors (Lipinski definition) is 1. The lowest BCUT2D eigenvalue weighted by Gasteiger charge is -2.11. The summed E-state index contributed by atoms with van der Waals surface area (Å²) >= 11 is 0. The Labute approximate surface area is 142 Å². The van der Waals surface area contributed by atoms with Crippen LogP contribution in [0.1, 0.15) is 16.8 Å². The molecular formula is C18H19N3O2S. The lowest BCUT2D eigenvalue weighted by molar-refractivity contribution is 0.600. The Morgan fingerprint density at radius 1 is 0.958 bits per heavy atom. The van der Waals surface area contributed by atoms with Gasteiger partial charge in [-0.25, -0.2) is 13.1 Å². The van der Waals surface area contributed by atoms with Crippen LogP contribution in [0.15, 0.2) is 59.6 Å². The van der Waals surface area contributed by atoms with Crippen molar-refractivity contribution in [2.24, 2.45) is 0 Å². The van der Waals surface area contributed by atoms with Crippen LogP contribution >= 0.6 is 0 Å². The topological polar surface area (TPSA) is 64.0 Å². The number of para-hydroxylation sites is 1. The Bertz CT molecular complexity index is 977. The molecule has 0 aliphatic carbocycles. The summed E-state index contributed by atoms with van der Waals surface area (Å²) in [7, 11) is -3.70. The first-order chi connectivity index (χ1) is 11.4. The fraction of sp³-hybridized carbons (Fsp3) is 0.167. The van der Waals surface area contributed by atoms with E-state index in [2.05, 4.69) is 9.82 Å². The quantitative estimate of drug-likeness (QED) is 0.788. The van der Waals surface area contributed by atoms with Crippen LogP contribution in [0.5, 0.6) is 0 Å². The van der Waals surface area contributed by atoms with E-state index in [0.717, 1.165) is 16.8 Å². The third kappa shape index (κ3) is 3.05. The number of nitrogens with one attached hydrogen (secondary N) is 1. The maximum atomic E-state index is 12.8. The molecule has 0 bridgehead atoms. The molecule has 0 amide bonds. The van der Waals surface area contributed by atoms with Crippen molar-refractivity contribution in [3.8, 4) is 5.69 Å². The zero-order valence-electron chi connectivity index (χ0n) is 13.8. The second kappa shape index (κ2) is 6.13. The van der Waals surface area contributed by atoms with Crippen molar-refractivity contribution in [3.63, 3.8) is 0 Å². The summed E-state index contributed by atoms with van der Waals surface area (Å²) < 4.78 is 29.8. The molecule has 3 aromatic rings. The van der Waals surface area contributed by atoms with Gasteiger partial charge in [0.1, 0.15) is 4.90 Å². The normalized spacial score (nSPS) is 11.5. The molecule has 0 atom stereocenters. The summed E-state index contributed by atoms with van der Waals surface area (Å²) in [5.41, 5.74) is 3.80. The van der Waals surface area contributed by atoms with Gasteiger partial charge in [-0.2, -0.15) is 5.10 Å². The van der Waals surface area contributed by atoms with E-state index in [1.807, 2.05) is 56.3 Å². The van der Waals surface area contributed by atoms with E-state index in [1.54, 1.807) is 17.7 Å². The molecule has 1 heterocycles. The average Bonchev–Trinajstić information content (AvgIpc) is 2.95. The van der Waals surface area contributed by atoms with Gasteiger partial charge in [0.05, 0.1) is 23.3 Å². The SMILES string of the molecule is Cc1cccc(NS(=O)(=O)c2cn(-c3ccccc3)nc2C)c1C. The summed E-state index contributed by atoms with van der Waals surface area (Å²) in [4.78, 5) is 0.173. The van der Waals surface area contributed by atoms with Gasteiger partial charge in [-0.3, -0.25) is 4.72 Å². The molecule has 5 nitrogen and oxygen atoms in total. The van der Waals surface area contributed by atoms with Crippen LogP contribution in [-0.2, 0) is 10.0 Å². The van der Waals surface area contributed by atoms with Crippen LogP contribution in [-0.4, -0.2) is 18.2 Å². The number of rotatable bonds is 4. The molecule has 1 N–H and O–H groups in total. The first-order valence-corrected chi connectivity index (χ1v) is 9.07. The van der Waals surface area contributed by atoms with Crippen molar-refractivity contribution >= 4 is 15.7 Å². The van der Waals surface area contributed by atoms with Crippen molar-refractivity contribution in [2.75, 3.05) is 4.72 Å². The Morgan fingerprint density at radius 3 is 2.38 bits per heavy atom. The molecule has 2 aromatic carbocycles. The highest BCUT2D eigenvalue weighted by Gasteiger charge is 2.21. The van der Waals surface area contributed by atoms with Gasteiger partial charge in [-0.15, -0.1) is 0 Å². The third-order valence-corrected chi connectivity index (χ3v) is 5.48. The molecule has 0 unspecified atom stereocenters. The Balaban J connectivity index is 1.99. The van der Waals surface area contributed by atoms with Gasteiger partial charge in [-0.1, -0.05) is 30.3 Å². The van der Waals surface area contributed by atoms with Crippen LogP contribution in [0, 0.1) is 20.8 Å². The zero-order chi connectivity index (χ0) is 17.3. The summed E-state index contributed by atoms with van der Waals surface area (Å²) in [5.74, 6) is 0. The summed E-state index contributed by atoms with van der Waals surface area (Å²) in [6.07, 6.45) is 1.54. The molecule has 24 heavy (non-hydrogen) atoms. The Kier molecular flexibility index (Phi) is 4.15. The van der Waals surface area contributed by atoms with Crippen LogP contribution in [0.25, 0.3) is 5.69 Å². The summed E-state index contributed by atoms with van der Waals surface area (Å²) in [6, 6.07) is 15.0. The number of nitrogens with zero attached hydrogens (tertiary/aromatic N) is 2. The molecule has 6 heteroatoms. The predicted octanol–water partition coefficient (Wildman–Crippen LogP) is 3.60. The lowest BCUT2D eigenvalue weighted by atomic mass is 10.1. The van der Waals surface area contributed by atoms with Gasteiger partial charge in [0.25, 0.3) is 10.0 Å². The predicted molar refractivity (Wildman–Crippen MR) is 95.0 cm³/mol. The van der Waals surface area contributed by atoms with Gasteiger partial charge in [0.15, 0.2) is 0 Å². The van der Waals surface area contributed by atoms with Crippen molar-refractivity contribution in [3.05, 3.63) is 71.5 Å². The molecule has 0 fully saturated rings. The minimum absolute atomic E-state index is 0.173. The maximum absolute atomic E-state index is 12.8. The van der Waals surface area contributed by atoms with Crippen LogP contribution in [0.3, 0.4) is 0 Å². The fourth-order valence-corrected chi connectivity index (χ4v) is 3.77. The van der Waals surface area contributed by atoms with Crippen LogP contribution in [0.2, 0.25) is 0 Å². The molecule has 0 radical (unpaired) electrons. The monoisotopic (exact) mass is 341 g/mol. The largest absolute Gasteiger partial charge is 0.279 e. The second-order valence-electron chi connectivity index (χ2n) is 5.71. The van der Waals surface area contributed by atoms with E-state index in [1.165, 1.54) is 6.20 Å². The molecule has 0 aliphatic heterocycles. The highest BCUT2D eigenvalue weighted by Crippen LogP contribution is 2.24. The number of benzene rings is 2. The van der Waals surface area contributed by atoms with E-state index in [-0.39, 0.29) is 4.90 Å². The smallest absolute Gasteiger partial charge is 0.265 e. The van der Waals surface area contributed by atoms with Crippen LogP contribution < -0.4 is 4.72 Å². The van der Waals surface area contributed by atoms with Crippen molar-refractivity contribution in [1.29, 1.82) is 0 Å². The number of aromatic nitrogens is 2. The summed E-state index contributed by atoms with van der Waals surface area (Å²) in [5, 5.41) is 4.33. The highest BCUT2D eigenvalue weighted by molar-refractivity contribution is 7.92. The third-order valence-electron chi connectivity index (χ3n) is 4.01. The molecule has 124 valence electrons. The van der Waals surface area contributed by atoms with Crippen molar-refractivity contribution in [1.82, 2.24) is 9.78 Å². The minimum Gasteiger partial charge on any atom is -0.279 e. The maximum Gasteiger partial charge on any atom is 0.265 e. The van der Waals surface area contributed by atoms with E-state index in [9.17, 15) is 8.42 Å². The first-order valence-electron chi connectivity index (χ1n) is 7.59. The molecule has 1 aromatic heterocycles. The van der Waals surface area contributed by atoms with E-state index in [4.69, 9.17) is 0 Å². The average molecular weight is 341 g/mol. The number of sulfonamides is 1. The Hall–Kier alpha value is -2.60. The fourth-order valence-electron chi connectivity index (χ4n) is 2.48. The first kappa shape index (κ1) is 16.3. The molecule has 0 spiro atoms. The Morgan fingerprint density at radius 2 is 1.67 bits per heavy atom. The van der Waals surface area contributed by atoms with Crippen LogP contribution in [0.4, 0.5) is 5.69 Å². The van der Waals surface area contributed by atoms with Crippen molar-refractivity contribution in [2.45, 2.75) is 25.7 Å². The van der Waals surface area contributed by atoms with Gasteiger partial charge in [0.2, 0.25) is 0 Å². The lowest BCUT2D eigenvalue weighted by Crippen LogP contribution is -2.14. The molecular weight excluding hydrogens is 322 g/mol. The number of hydrogen-bond acceptors (Lipinski definition) is 3. The standard InChI is InChI=1S/C18H19N3O2S/c1-13-8-7-11-17(14(13)2)20-24(22,23)18-12-21(19-15(18)3)16-9-5-4-6-10-16/h4-12,20H,1-3H3. The van der Waals surface area contributed by atoms with Gasteiger partial charge < -0.3 is 0 Å². The van der Waals surface area contributed by atoms with E-state index in [0.29, 0.717) is 11.4 Å². The van der Waals surface area contributed by atoms with Gasteiger partial charge in [-0.05, 0) is 50.1 Å². The zero-order valence-corrected chi connectivity index (χ0v) is 14.6. The molecule has 0 aliphatic rings. The van der Waals surface area contributed by atoms with E-state index < -0.39 is 10.0 Å². The minimum atomic E-state index is -3.70. The highest BCUT2D eigenvalue weighted by atomic mass is 32.2. The summed E-state index contributed by atoms with van der Waals surface area (Å²) in [6.45, 7) is 5.54.